The molecule has 2 N–H and O–H groups in total. The predicted molar refractivity (Wildman–Crippen MR) is 146 cm³/mol. The van der Waals surface area contributed by atoms with Crippen molar-refractivity contribution in [3.63, 3.8) is 0 Å². The number of aliphatic carboxylic acids is 2. The van der Waals surface area contributed by atoms with E-state index in [2.05, 4.69) is 9.88 Å². The monoisotopic (exact) mass is 647 g/mol. The van der Waals surface area contributed by atoms with E-state index in [9.17, 15) is 34.8 Å². The number of halogens is 6. The van der Waals surface area contributed by atoms with E-state index >= 15 is 0 Å². The van der Waals surface area contributed by atoms with Gasteiger partial charge in [0.2, 0.25) is 10.0 Å². The standard InChI is InChI=1S/C24H25N3O2S.2C2HF3O2/c28-30(29)24(12-16-26(17-13-24)18-21-10-14-25-15-11-21)22-8-4-5-9-23(22)27(30)19-20-6-2-1-3-7-20;2*3-2(4,5)1(6)7/h1-11,14-15H,12-13,16-19H2;2*(H,6,7). The van der Waals surface area contributed by atoms with Crippen LogP contribution in [0.25, 0.3) is 0 Å². The number of fused-ring (bicyclic) bond motifs is 2. The molecule has 2 aliphatic rings. The first-order valence-corrected chi connectivity index (χ1v) is 14.3. The van der Waals surface area contributed by atoms with Crippen LogP contribution >= 0.6 is 0 Å². The first kappa shape index (κ1) is 34.3. The van der Waals surface area contributed by atoms with Crippen molar-refractivity contribution in [3.05, 3.63) is 95.8 Å². The molecule has 0 radical (unpaired) electrons. The number of carbonyl (C=O) groups is 2. The minimum Gasteiger partial charge on any atom is -0.475 e. The molecule has 1 saturated heterocycles. The van der Waals surface area contributed by atoms with Crippen LogP contribution in [0.1, 0.15) is 29.5 Å². The number of hydrogen-bond acceptors (Lipinski definition) is 6. The first-order chi connectivity index (χ1) is 20.5. The number of anilines is 1. The predicted octanol–water partition coefficient (Wildman–Crippen LogP) is 5.19. The number of nitrogens with zero attached hydrogens (tertiary/aromatic N) is 3. The number of alkyl halides is 6. The highest BCUT2D eigenvalue weighted by Crippen LogP contribution is 2.53. The first-order valence-electron chi connectivity index (χ1n) is 12.9. The van der Waals surface area contributed by atoms with E-state index in [0.29, 0.717) is 19.4 Å². The molecule has 0 unspecified atom stereocenters. The normalized spacial score (nSPS) is 17.0. The fourth-order valence-corrected chi connectivity index (χ4v) is 7.13. The smallest absolute Gasteiger partial charge is 0.475 e. The van der Waals surface area contributed by atoms with Crippen molar-refractivity contribution in [1.82, 2.24) is 9.88 Å². The van der Waals surface area contributed by atoms with E-state index in [1.54, 1.807) is 16.7 Å². The van der Waals surface area contributed by atoms with Gasteiger partial charge in [0.05, 0.1) is 12.2 Å². The van der Waals surface area contributed by atoms with Crippen LogP contribution in [0.5, 0.6) is 0 Å². The van der Waals surface area contributed by atoms with Crippen LogP contribution in [0.2, 0.25) is 0 Å². The summed E-state index contributed by atoms with van der Waals surface area (Å²) in [6.45, 7) is 2.72. The average molecular weight is 648 g/mol. The number of carboxylic acid groups (broad SMARTS) is 2. The molecule has 0 aliphatic carbocycles. The number of carboxylic acids is 2. The van der Waals surface area contributed by atoms with Gasteiger partial charge < -0.3 is 10.2 Å². The number of aromatic nitrogens is 1. The lowest BCUT2D eigenvalue weighted by molar-refractivity contribution is -0.193. The van der Waals surface area contributed by atoms with Gasteiger partial charge >= 0.3 is 24.3 Å². The van der Waals surface area contributed by atoms with Crippen molar-refractivity contribution >= 4 is 27.6 Å². The average Bonchev–Trinajstić information content (AvgIpc) is 3.13. The van der Waals surface area contributed by atoms with Crippen molar-refractivity contribution in [1.29, 1.82) is 0 Å². The Balaban J connectivity index is 0.000000317. The molecular formula is C28H27F6N3O6S. The maximum absolute atomic E-state index is 13.9. The Labute approximate surface area is 248 Å². The highest BCUT2D eigenvalue weighted by Gasteiger charge is 2.56. The molecule has 1 aromatic heterocycles. The summed E-state index contributed by atoms with van der Waals surface area (Å²) in [7, 11) is -3.51. The number of hydrogen-bond donors (Lipinski definition) is 2. The third-order valence-electron chi connectivity index (χ3n) is 6.92. The van der Waals surface area contributed by atoms with E-state index in [0.717, 1.165) is 36.4 Å². The Kier molecular flexibility index (Phi) is 10.6. The zero-order valence-electron chi connectivity index (χ0n) is 22.8. The second kappa shape index (κ2) is 13.6. The topological polar surface area (TPSA) is 128 Å². The maximum atomic E-state index is 13.9. The number of benzene rings is 2. The van der Waals surface area contributed by atoms with E-state index in [1.807, 2.05) is 66.7 Å². The van der Waals surface area contributed by atoms with Crippen molar-refractivity contribution in [2.45, 2.75) is 43.0 Å². The Bertz CT molecular complexity index is 1500. The second-order valence-electron chi connectivity index (χ2n) is 9.75. The molecule has 5 rings (SSSR count). The molecule has 9 nitrogen and oxygen atoms in total. The summed E-state index contributed by atoms with van der Waals surface area (Å²) in [6.07, 6.45) is -5.33. The molecule has 2 aromatic carbocycles. The summed E-state index contributed by atoms with van der Waals surface area (Å²) < 4.78 is 92.1. The third-order valence-corrected chi connectivity index (χ3v) is 9.44. The lowest BCUT2D eigenvalue weighted by Gasteiger charge is -2.39. The summed E-state index contributed by atoms with van der Waals surface area (Å²) in [5.74, 6) is -5.51. The Morgan fingerprint density at radius 3 is 1.70 bits per heavy atom. The van der Waals surface area contributed by atoms with Crippen LogP contribution in [0.4, 0.5) is 32.0 Å². The Hall–Kier alpha value is -4.18. The largest absolute Gasteiger partial charge is 0.490 e. The maximum Gasteiger partial charge on any atom is 0.490 e. The number of likely N-dealkylation sites (tertiary alicyclic amines) is 1. The Morgan fingerprint density at radius 1 is 0.750 bits per heavy atom. The molecule has 16 heteroatoms. The molecule has 0 bridgehead atoms. The molecule has 0 atom stereocenters. The summed E-state index contributed by atoms with van der Waals surface area (Å²) in [5.41, 5.74) is 4.01. The van der Waals surface area contributed by atoms with Crippen LogP contribution in [-0.4, -0.2) is 65.9 Å². The third kappa shape index (κ3) is 8.05. The molecule has 3 aromatic rings. The van der Waals surface area contributed by atoms with E-state index in [4.69, 9.17) is 19.8 Å². The fraction of sp³-hybridized carbons (Fsp3) is 0.321. The van der Waals surface area contributed by atoms with Crippen molar-refractivity contribution in [2.75, 3.05) is 17.4 Å². The molecule has 0 amide bonds. The minimum atomic E-state index is -5.08. The number of sulfonamides is 1. The van der Waals surface area contributed by atoms with Crippen LogP contribution < -0.4 is 4.31 Å². The molecule has 2 aliphatic heterocycles. The lowest BCUT2D eigenvalue weighted by Crippen LogP contribution is -2.48. The molecule has 1 spiro atoms. The van der Waals surface area contributed by atoms with Gasteiger partial charge in [-0.05, 0) is 47.7 Å². The summed E-state index contributed by atoms with van der Waals surface area (Å²) in [4.78, 5) is 24.2. The Morgan fingerprint density at radius 2 is 1.20 bits per heavy atom. The van der Waals surface area contributed by atoms with Gasteiger partial charge in [-0.3, -0.25) is 14.2 Å². The summed E-state index contributed by atoms with van der Waals surface area (Å²) in [6, 6.07) is 21.7. The van der Waals surface area contributed by atoms with Gasteiger partial charge in [0.25, 0.3) is 0 Å². The van der Waals surface area contributed by atoms with Crippen LogP contribution in [0.3, 0.4) is 0 Å². The number of para-hydroxylation sites is 1. The SMILES string of the molecule is O=C(O)C(F)(F)F.O=C(O)C(F)(F)F.O=S1(=O)N(Cc2ccccc2)c2ccccc2C12CCN(Cc1ccncc1)CC2. The van der Waals surface area contributed by atoms with E-state index < -0.39 is 39.1 Å². The number of pyridine rings is 1. The van der Waals surface area contributed by atoms with Gasteiger partial charge in [-0.25, -0.2) is 18.0 Å². The zero-order chi connectivity index (χ0) is 32.8. The zero-order valence-corrected chi connectivity index (χ0v) is 23.6. The quantitative estimate of drug-likeness (QED) is 0.371. The summed E-state index contributed by atoms with van der Waals surface area (Å²) in [5, 5.41) is 14.2. The van der Waals surface area contributed by atoms with Crippen molar-refractivity contribution in [2.24, 2.45) is 0 Å². The molecule has 0 saturated carbocycles. The second-order valence-corrected chi connectivity index (χ2v) is 11.9. The van der Waals surface area contributed by atoms with E-state index in [-0.39, 0.29) is 0 Å². The highest BCUT2D eigenvalue weighted by atomic mass is 32.2. The molecule has 238 valence electrons. The minimum absolute atomic E-state index is 0.378. The molecule has 3 heterocycles. The van der Waals surface area contributed by atoms with Gasteiger partial charge in [0, 0.05) is 32.0 Å². The van der Waals surface area contributed by atoms with Gasteiger partial charge in [0.15, 0.2) is 0 Å². The lowest BCUT2D eigenvalue weighted by atomic mass is 9.87. The van der Waals surface area contributed by atoms with Crippen LogP contribution in [-0.2, 0) is 37.4 Å². The van der Waals surface area contributed by atoms with Crippen LogP contribution in [0.15, 0.2) is 79.1 Å². The van der Waals surface area contributed by atoms with Crippen LogP contribution in [0, 0.1) is 0 Å². The van der Waals surface area contributed by atoms with Gasteiger partial charge in [0.1, 0.15) is 4.75 Å². The fourth-order valence-electron chi connectivity index (χ4n) is 4.82. The highest BCUT2D eigenvalue weighted by molar-refractivity contribution is 7.94. The molecule has 44 heavy (non-hydrogen) atoms. The molecular weight excluding hydrogens is 620 g/mol. The number of rotatable bonds is 4. The van der Waals surface area contributed by atoms with Crippen molar-refractivity contribution in [3.8, 4) is 0 Å². The molecule has 1 fully saturated rings. The summed E-state index contributed by atoms with van der Waals surface area (Å²) >= 11 is 0. The van der Waals surface area contributed by atoms with Crippen molar-refractivity contribution < 1.29 is 54.6 Å². The van der Waals surface area contributed by atoms with Gasteiger partial charge in [-0.2, -0.15) is 26.3 Å². The van der Waals surface area contributed by atoms with Gasteiger partial charge in [-0.1, -0.05) is 48.5 Å². The van der Waals surface area contributed by atoms with Gasteiger partial charge in [-0.15, -0.1) is 0 Å². The van der Waals surface area contributed by atoms with E-state index in [1.165, 1.54) is 5.56 Å². The number of piperidine rings is 1.